The number of hydrogen-bond acceptors (Lipinski definition) is 8. The van der Waals surface area contributed by atoms with E-state index < -0.39 is 17.9 Å². The highest BCUT2D eigenvalue weighted by Crippen LogP contribution is 2.35. The molecule has 0 heterocycles. The number of ether oxygens (including phenoxy) is 2. The third-order valence-electron chi connectivity index (χ3n) is 5.92. The van der Waals surface area contributed by atoms with E-state index in [4.69, 9.17) is 14.4 Å². The molecule has 0 bridgehead atoms. The first-order valence-corrected chi connectivity index (χ1v) is 11.7. The topological polar surface area (TPSA) is 134 Å². The molecule has 206 valence electrons. The Labute approximate surface area is 228 Å². The van der Waals surface area contributed by atoms with Gasteiger partial charge in [0.15, 0.2) is 0 Å². The second-order valence-electron chi connectivity index (χ2n) is 9.29. The summed E-state index contributed by atoms with van der Waals surface area (Å²) in [6.45, 7) is 7.55. The third-order valence-corrected chi connectivity index (χ3v) is 5.92. The molecule has 8 nitrogen and oxygen atoms in total. The molecule has 0 amide bonds. The van der Waals surface area contributed by atoms with Gasteiger partial charge >= 0.3 is 11.9 Å². The smallest absolute Gasteiger partial charge is 0.309 e. The molecule has 3 rings (SSSR count). The number of phenols is 3. The summed E-state index contributed by atoms with van der Waals surface area (Å²) in [5.74, 6) is -0.508. The number of carbonyl (C=O) groups is 2. The SMILES string of the molecule is CC(C)(O)C(C)(C)c1ccc(O)cc1.COC(=O)Cc1ccc(O)cc1.[2H]Oc1ccc(C([2H])([2H])C(=O)OC)cc1. The minimum Gasteiger partial charge on any atom is -0.508 e. The lowest BCUT2D eigenvalue weighted by atomic mass is 9.72. The summed E-state index contributed by atoms with van der Waals surface area (Å²) >= 11 is 0. The van der Waals surface area contributed by atoms with Gasteiger partial charge in [0.1, 0.15) is 17.2 Å². The van der Waals surface area contributed by atoms with Crippen LogP contribution in [0.4, 0.5) is 0 Å². The molecule has 0 aromatic heterocycles. The molecule has 0 aliphatic heterocycles. The van der Waals surface area contributed by atoms with Crippen LogP contribution in [0.3, 0.4) is 0 Å². The van der Waals surface area contributed by atoms with E-state index in [1.54, 1.807) is 38.1 Å². The van der Waals surface area contributed by atoms with Crippen LogP contribution in [0.2, 0.25) is 0 Å². The Morgan fingerprint density at radius 2 is 1.16 bits per heavy atom. The molecule has 0 saturated heterocycles. The molecule has 0 aliphatic rings. The number of aromatic hydroxyl groups is 3. The lowest BCUT2D eigenvalue weighted by Gasteiger charge is -2.37. The summed E-state index contributed by atoms with van der Waals surface area (Å²) in [5, 5.41) is 32.3. The Hall–Kier alpha value is -4.04. The van der Waals surface area contributed by atoms with Gasteiger partial charge in [-0.3, -0.25) is 9.59 Å². The highest BCUT2D eigenvalue weighted by atomic mass is 16.5. The number of benzene rings is 3. The van der Waals surface area contributed by atoms with Crippen molar-refractivity contribution in [1.29, 1.82) is 1.43 Å². The highest BCUT2D eigenvalue weighted by Gasteiger charge is 2.36. The maximum Gasteiger partial charge on any atom is 0.309 e. The van der Waals surface area contributed by atoms with Gasteiger partial charge in [-0.1, -0.05) is 50.2 Å². The van der Waals surface area contributed by atoms with Crippen molar-refractivity contribution in [1.82, 2.24) is 0 Å². The zero-order chi connectivity index (χ0) is 31.4. The lowest BCUT2D eigenvalue weighted by molar-refractivity contribution is -0.140. The molecule has 0 unspecified atom stereocenters. The summed E-state index contributed by atoms with van der Waals surface area (Å²) in [6.07, 6.45) is -1.94. The van der Waals surface area contributed by atoms with Gasteiger partial charge in [0.25, 0.3) is 1.43 Å². The van der Waals surface area contributed by atoms with Gasteiger partial charge in [-0.15, -0.1) is 0 Å². The Kier molecular flexibility index (Phi) is 10.4. The van der Waals surface area contributed by atoms with E-state index in [0.29, 0.717) is 0 Å². The molecule has 0 saturated carbocycles. The zero-order valence-electron chi connectivity index (χ0n) is 25.5. The number of methoxy groups -OCH3 is 2. The number of aliphatic hydroxyl groups is 1. The van der Waals surface area contributed by atoms with Crippen LogP contribution in [0.5, 0.6) is 17.2 Å². The molecular formula is C30H38O8. The predicted octanol–water partition coefficient (Wildman–Crippen LogP) is 4.66. The molecular weight excluding hydrogens is 488 g/mol. The average molecular weight is 530 g/mol. The van der Waals surface area contributed by atoms with Crippen molar-refractivity contribution in [2.45, 2.75) is 51.5 Å². The van der Waals surface area contributed by atoms with E-state index in [9.17, 15) is 14.7 Å². The summed E-state index contributed by atoms with van der Waals surface area (Å²) in [5.41, 5.74) is 0.891. The average Bonchev–Trinajstić information content (AvgIpc) is 2.94. The minimum absolute atomic E-state index is 0.162. The number of esters is 2. The van der Waals surface area contributed by atoms with Crippen LogP contribution in [-0.2, 0) is 37.3 Å². The van der Waals surface area contributed by atoms with Crippen molar-refractivity contribution in [3.8, 4) is 17.2 Å². The van der Waals surface area contributed by atoms with E-state index in [1.807, 2.05) is 26.0 Å². The van der Waals surface area contributed by atoms with Crippen LogP contribution >= 0.6 is 0 Å². The first-order valence-electron chi connectivity index (χ1n) is 13.1. The van der Waals surface area contributed by atoms with Crippen LogP contribution in [-0.4, -0.2) is 53.6 Å². The summed E-state index contributed by atoms with van der Waals surface area (Å²) < 4.78 is 30.4. The molecule has 0 aliphatic carbocycles. The molecule has 0 fully saturated rings. The van der Waals surface area contributed by atoms with Gasteiger partial charge < -0.3 is 29.9 Å². The van der Waals surface area contributed by atoms with Crippen LogP contribution < -0.4 is 0 Å². The molecule has 3 aromatic carbocycles. The van der Waals surface area contributed by atoms with E-state index in [2.05, 4.69) is 14.6 Å². The molecule has 0 atom stereocenters. The quantitative estimate of drug-likeness (QED) is 0.325. The second-order valence-corrected chi connectivity index (χ2v) is 9.29. The zero-order valence-corrected chi connectivity index (χ0v) is 22.5. The van der Waals surface area contributed by atoms with Gasteiger partial charge in [-0.2, -0.15) is 0 Å². The maximum atomic E-state index is 11.1. The molecule has 38 heavy (non-hydrogen) atoms. The normalized spacial score (nSPS) is 12.1. The van der Waals surface area contributed by atoms with E-state index >= 15 is 0 Å². The van der Waals surface area contributed by atoms with Crippen LogP contribution in [0.15, 0.2) is 72.8 Å². The predicted molar refractivity (Wildman–Crippen MR) is 145 cm³/mol. The number of phenolic OH excluding ortho intramolecular Hbond substituents is 3. The number of carbonyl (C=O) groups excluding carboxylic acids is 2. The number of rotatable bonds is 7. The first kappa shape index (κ1) is 27.0. The lowest BCUT2D eigenvalue weighted by Crippen LogP contribution is -2.42. The Balaban J connectivity index is 0.000000309. The van der Waals surface area contributed by atoms with E-state index in [0.717, 1.165) is 18.2 Å². The molecule has 3 aromatic rings. The van der Waals surface area contributed by atoms with E-state index in [1.165, 1.54) is 43.5 Å². The van der Waals surface area contributed by atoms with Gasteiger partial charge in [0.2, 0.25) is 0 Å². The summed E-state index contributed by atoms with van der Waals surface area (Å²) in [4.78, 5) is 21.9. The summed E-state index contributed by atoms with van der Waals surface area (Å²) in [6, 6.07) is 19.0. The maximum absolute atomic E-state index is 11.1. The van der Waals surface area contributed by atoms with Crippen molar-refractivity contribution >= 4 is 11.9 Å². The van der Waals surface area contributed by atoms with Crippen molar-refractivity contribution in [3.05, 3.63) is 89.5 Å². The van der Waals surface area contributed by atoms with Gasteiger partial charge in [-0.25, -0.2) is 0 Å². The van der Waals surface area contributed by atoms with Gasteiger partial charge in [-0.05, 0) is 66.9 Å². The Morgan fingerprint density at radius 1 is 0.737 bits per heavy atom. The van der Waals surface area contributed by atoms with Crippen molar-refractivity contribution in [2.24, 2.45) is 0 Å². The monoisotopic (exact) mass is 529 g/mol. The van der Waals surface area contributed by atoms with Gasteiger partial charge in [0.05, 0.1) is 32.6 Å². The molecule has 0 radical (unpaired) electrons. The largest absolute Gasteiger partial charge is 0.508 e. The molecule has 4 N–H and O–H groups in total. The number of hydrogen-bond donors (Lipinski definition) is 4. The minimum atomic E-state index is -2.19. The van der Waals surface area contributed by atoms with Crippen LogP contribution in [0, 0.1) is 0 Å². The Morgan fingerprint density at radius 3 is 1.58 bits per heavy atom. The highest BCUT2D eigenvalue weighted by molar-refractivity contribution is 5.72. The molecule has 8 heteroatoms. The van der Waals surface area contributed by atoms with Crippen molar-refractivity contribution in [2.75, 3.05) is 14.2 Å². The fraction of sp³-hybridized carbons (Fsp3) is 0.333. The van der Waals surface area contributed by atoms with Crippen LogP contribution in [0.25, 0.3) is 0 Å². The fourth-order valence-electron chi connectivity index (χ4n) is 2.79. The first-order chi connectivity index (χ1) is 19.0. The van der Waals surface area contributed by atoms with Gasteiger partial charge in [0, 0.05) is 8.16 Å². The Bertz CT molecular complexity index is 1230. The fourth-order valence-corrected chi connectivity index (χ4v) is 2.79. The van der Waals surface area contributed by atoms with Crippen molar-refractivity contribution < 1.29 is 42.2 Å². The van der Waals surface area contributed by atoms with Crippen LogP contribution in [0.1, 0.15) is 47.1 Å². The molecule has 0 spiro atoms. The van der Waals surface area contributed by atoms with E-state index in [-0.39, 0.29) is 40.6 Å². The van der Waals surface area contributed by atoms with Crippen molar-refractivity contribution in [3.63, 3.8) is 0 Å². The second kappa shape index (κ2) is 14.6. The standard InChI is InChI=1S/C12H18O2.2C9H10O3/c1-11(2,12(3,4)14)9-5-7-10(13)8-6-9;2*1-12-9(11)6-7-2-4-8(10)5-3-7/h5-8,13-14H,1-4H3;2*2-5,10H,6H2,1H3/i;6D2;/hD. The summed E-state index contributed by atoms with van der Waals surface area (Å²) in [7, 11) is 2.48. The third kappa shape index (κ3) is 10.9.